The Morgan fingerprint density at radius 3 is 1.78 bits per heavy atom. The Balaban J connectivity index is 2.92. The summed E-state index contributed by atoms with van der Waals surface area (Å²) in [5.41, 5.74) is 10.5. The van der Waals surface area contributed by atoms with Crippen LogP contribution in [0.3, 0.4) is 0 Å². The van der Waals surface area contributed by atoms with Crippen molar-refractivity contribution in [3.63, 3.8) is 0 Å². The second-order valence-corrected chi connectivity index (χ2v) is 4.94. The highest BCUT2D eigenvalue weighted by atomic mass is 16.1. The molecule has 4 nitrogen and oxygen atoms in total. The van der Waals surface area contributed by atoms with Crippen LogP contribution in [0.4, 0.5) is 0 Å². The first-order valence-electron chi connectivity index (χ1n) is 7.46. The average molecular weight is 257 g/mol. The molecule has 108 valence electrons. The molecule has 0 saturated carbocycles. The van der Waals surface area contributed by atoms with Crippen molar-refractivity contribution in [2.45, 2.75) is 64.2 Å². The molecule has 0 aromatic rings. The second kappa shape index (κ2) is 14.5. The highest BCUT2D eigenvalue weighted by Gasteiger charge is 1.95. The van der Waals surface area contributed by atoms with Crippen LogP contribution in [0.5, 0.6) is 0 Å². The summed E-state index contributed by atoms with van der Waals surface area (Å²) in [5, 5.41) is 3.31. The molecule has 0 rings (SSSR count). The largest absolute Gasteiger partial charge is 0.370 e. The molecular formula is C14H31N3O. The van der Waals surface area contributed by atoms with Gasteiger partial charge in [-0.3, -0.25) is 4.79 Å². The number of nitrogens with two attached hydrogens (primary N) is 2. The SMILES string of the molecule is NCCNCCCCCCCCCCCC(N)=O. The van der Waals surface area contributed by atoms with Gasteiger partial charge in [-0.25, -0.2) is 0 Å². The molecule has 0 aromatic heterocycles. The van der Waals surface area contributed by atoms with Crippen molar-refractivity contribution < 1.29 is 4.79 Å². The van der Waals surface area contributed by atoms with E-state index in [-0.39, 0.29) is 5.91 Å². The van der Waals surface area contributed by atoms with Crippen molar-refractivity contribution in [3.8, 4) is 0 Å². The van der Waals surface area contributed by atoms with Gasteiger partial charge in [-0.1, -0.05) is 44.9 Å². The van der Waals surface area contributed by atoms with Gasteiger partial charge in [-0.2, -0.15) is 0 Å². The minimum Gasteiger partial charge on any atom is -0.370 e. The van der Waals surface area contributed by atoms with Crippen LogP contribution in [0.15, 0.2) is 0 Å². The minimum atomic E-state index is -0.168. The second-order valence-electron chi connectivity index (χ2n) is 4.94. The molecule has 0 aromatic carbocycles. The molecule has 4 heteroatoms. The Hall–Kier alpha value is -0.610. The monoisotopic (exact) mass is 257 g/mol. The summed E-state index contributed by atoms with van der Waals surface area (Å²) in [6.07, 6.45) is 11.8. The van der Waals surface area contributed by atoms with E-state index in [2.05, 4.69) is 5.32 Å². The zero-order chi connectivity index (χ0) is 13.5. The van der Waals surface area contributed by atoms with Crippen LogP contribution in [0.2, 0.25) is 0 Å². The lowest BCUT2D eigenvalue weighted by atomic mass is 10.1. The third-order valence-corrected chi connectivity index (χ3v) is 3.10. The van der Waals surface area contributed by atoms with Crippen molar-refractivity contribution in [1.82, 2.24) is 5.32 Å². The van der Waals surface area contributed by atoms with Gasteiger partial charge in [0, 0.05) is 19.5 Å². The minimum absolute atomic E-state index is 0.168. The number of hydrogen-bond donors (Lipinski definition) is 3. The molecule has 0 heterocycles. The quantitative estimate of drug-likeness (QED) is 0.416. The van der Waals surface area contributed by atoms with E-state index in [1.54, 1.807) is 0 Å². The maximum atomic E-state index is 10.5. The Bertz CT molecular complexity index is 186. The summed E-state index contributed by atoms with van der Waals surface area (Å²) in [5.74, 6) is -0.168. The lowest BCUT2D eigenvalue weighted by Crippen LogP contribution is -2.23. The summed E-state index contributed by atoms with van der Waals surface area (Å²) in [4.78, 5) is 10.5. The number of rotatable bonds is 14. The maximum Gasteiger partial charge on any atom is 0.217 e. The number of amides is 1. The topological polar surface area (TPSA) is 81.1 Å². The number of nitrogens with one attached hydrogen (secondary N) is 1. The molecule has 0 atom stereocenters. The average Bonchev–Trinajstić information content (AvgIpc) is 2.34. The Morgan fingerprint density at radius 2 is 1.28 bits per heavy atom. The number of carbonyl (C=O) groups is 1. The first-order chi connectivity index (χ1) is 8.77. The zero-order valence-electron chi connectivity index (χ0n) is 11.8. The zero-order valence-corrected chi connectivity index (χ0v) is 11.8. The van der Waals surface area contributed by atoms with Gasteiger partial charge >= 0.3 is 0 Å². The Morgan fingerprint density at radius 1 is 0.778 bits per heavy atom. The molecule has 0 fully saturated rings. The van der Waals surface area contributed by atoms with Gasteiger partial charge in [-0.15, -0.1) is 0 Å². The molecule has 0 unspecified atom stereocenters. The van der Waals surface area contributed by atoms with Crippen LogP contribution in [-0.2, 0) is 4.79 Å². The number of unbranched alkanes of at least 4 members (excludes halogenated alkanes) is 8. The fourth-order valence-electron chi connectivity index (χ4n) is 2.01. The van der Waals surface area contributed by atoms with Gasteiger partial charge in [0.1, 0.15) is 0 Å². The van der Waals surface area contributed by atoms with Crippen LogP contribution in [0.25, 0.3) is 0 Å². The third-order valence-electron chi connectivity index (χ3n) is 3.10. The fourth-order valence-corrected chi connectivity index (χ4v) is 2.01. The van der Waals surface area contributed by atoms with Crippen LogP contribution in [0.1, 0.15) is 64.2 Å². The van der Waals surface area contributed by atoms with Crippen molar-refractivity contribution in [2.75, 3.05) is 19.6 Å². The summed E-state index contributed by atoms with van der Waals surface area (Å²) in [6.45, 7) is 2.77. The Labute approximate surface area is 112 Å². The molecular weight excluding hydrogens is 226 g/mol. The van der Waals surface area contributed by atoms with E-state index in [9.17, 15) is 4.79 Å². The van der Waals surface area contributed by atoms with E-state index in [1.807, 2.05) is 0 Å². The molecule has 1 amide bonds. The summed E-state index contributed by atoms with van der Waals surface area (Å²) in [7, 11) is 0. The first-order valence-corrected chi connectivity index (χ1v) is 7.46. The predicted molar refractivity (Wildman–Crippen MR) is 77.3 cm³/mol. The number of primary amides is 1. The van der Waals surface area contributed by atoms with Crippen molar-refractivity contribution in [2.24, 2.45) is 11.5 Å². The molecule has 0 spiro atoms. The molecule has 0 aliphatic carbocycles. The van der Waals surface area contributed by atoms with E-state index >= 15 is 0 Å². The summed E-state index contributed by atoms with van der Waals surface area (Å²) in [6, 6.07) is 0. The molecule has 0 radical (unpaired) electrons. The predicted octanol–water partition coefficient (Wildman–Crippen LogP) is 1.92. The third kappa shape index (κ3) is 15.4. The van der Waals surface area contributed by atoms with Crippen LogP contribution in [0, 0.1) is 0 Å². The van der Waals surface area contributed by atoms with E-state index in [4.69, 9.17) is 11.5 Å². The van der Waals surface area contributed by atoms with Gasteiger partial charge in [0.25, 0.3) is 0 Å². The lowest BCUT2D eigenvalue weighted by molar-refractivity contribution is -0.118. The first kappa shape index (κ1) is 17.4. The molecule has 0 aliphatic rings. The van der Waals surface area contributed by atoms with Gasteiger partial charge < -0.3 is 16.8 Å². The van der Waals surface area contributed by atoms with Crippen molar-refractivity contribution >= 4 is 5.91 Å². The van der Waals surface area contributed by atoms with E-state index in [1.165, 1.54) is 44.9 Å². The lowest BCUT2D eigenvalue weighted by Gasteiger charge is -2.03. The van der Waals surface area contributed by atoms with Crippen LogP contribution >= 0.6 is 0 Å². The standard InChI is InChI=1S/C14H31N3O/c15-11-13-17-12-9-7-5-3-1-2-4-6-8-10-14(16)18/h17H,1-13,15H2,(H2,16,18). The summed E-state index contributed by atoms with van der Waals surface area (Å²) >= 11 is 0. The van der Waals surface area contributed by atoms with Crippen LogP contribution < -0.4 is 16.8 Å². The Kier molecular flexibility index (Phi) is 14.0. The highest BCUT2D eigenvalue weighted by molar-refractivity contribution is 5.73. The number of carbonyl (C=O) groups excluding carboxylic acids is 1. The van der Waals surface area contributed by atoms with Gasteiger partial charge in [0.2, 0.25) is 5.91 Å². The molecule has 0 aliphatic heterocycles. The van der Waals surface area contributed by atoms with E-state index < -0.39 is 0 Å². The van der Waals surface area contributed by atoms with Gasteiger partial charge in [-0.05, 0) is 19.4 Å². The maximum absolute atomic E-state index is 10.5. The van der Waals surface area contributed by atoms with Crippen molar-refractivity contribution in [3.05, 3.63) is 0 Å². The smallest absolute Gasteiger partial charge is 0.217 e. The summed E-state index contributed by atoms with van der Waals surface area (Å²) < 4.78 is 0. The number of hydrogen-bond acceptors (Lipinski definition) is 3. The van der Waals surface area contributed by atoms with Gasteiger partial charge in [0.15, 0.2) is 0 Å². The normalized spacial score (nSPS) is 10.7. The highest BCUT2D eigenvalue weighted by Crippen LogP contribution is 2.10. The molecule has 0 saturated heterocycles. The van der Waals surface area contributed by atoms with Gasteiger partial charge in [0.05, 0.1) is 0 Å². The molecule has 18 heavy (non-hydrogen) atoms. The molecule has 5 N–H and O–H groups in total. The van der Waals surface area contributed by atoms with Crippen molar-refractivity contribution in [1.29, 1.82) is 0 Å². The van der Waals surface area contributed by atoms with E-state index in [0.717, 1.165) is 32.5 Å². The van der Waals surface area contributed by atoms with Crippen LogP contribution in [-0.4, -0.2) is 25.5 Å². The van der Waals surface area contributed by atoms with E-state index in [0.29, 0.717) is 6.42 Å². The fraction of sp³-hybridized carbons (Fsp3) is 0.929. The molecule has 0 bridgehead atoms.